The molecule has 6 nitrogen and oxygen atoms in total. The zero-order valence-corrected chi connectivity index (χ0v) is 26.7. The minimum Gasteiger partial charge on any atom is -0.469 e. The molecular weight excluding hydrogens is 617 g/mol. The van der Waals surface area contributed by atoms with Crippen molar-refractivity contribution in [2.75, 3.05) is 20.2 Å². The van der Waals surface area contributed by atoms with Crippen molar-refractivity contribution in [2.45, 2.75) is 50.4 Å². The molecule has 2 aliphatic rings. The molecule has 0 spiro atoms. The molecular formula is C39H37F3N2O4. The van der Waals surface area contributed by atoms with E-state index in [1.165, 1.54) is 19.2 Å². The molecule has 0 radical (unpaired) electrons. The summed E-state index contributed by atoms with van der Waals surface area (Å²) in [6.07, 6.45) is -1.17. The minimum atomic E-state index is -4.43. The van der Waals surface area contributed by atoms with Crippen LogP contribution in [0, 0.1) is 5.92 Å². The van der Waals surface area contributed by atoms with E-state index in [0.717, 1.165) is 54.5 Å². The van der Waals surface area contributed by atoms with Gasteiger partial charge in [-0.05, 0) is 77.8 Å². The molecule has 1 unspecified atom stereocenters. The number of halogens is 3. The van der Waals surface area contributed by atoms with Gasteiger partial charge in [0.1, 0.15) is 0 Å². The quantitative estimate of drug-likeness (QED) is 0.162. The van der Waals surface area contributed by atoms with Crippen LogP contribution in [-0.2, 0) is 20.5 Å². The number of rotatable bonds is 10. The largest absolute Gasteiger partial charge is 0.469 e. The van der Waals surface area contributed by atoms with E-state index in [1.807, 2.05) is 59.5 Å². The SMILES string of the molecule is COC(=O)CC(c1ccc(-c2ccccc2)cc1)N(C[C@H]1CCCN1C(=O)C1CC1)C(=O)c1ccc(-c2ccc(C(F)(F)F)cc2)cc1. The number of ether oxygens (including phenoxy) is 1. The average Bonchev–Trinajstić information content (AvgIpc) is 3.87. The van der Waals surface area contributed by atoms with E-state index in [4.69, 9.17) is 4.74 Å². The van der Waals surface area contributed by atoms with E-state index in [1.54, 1.807) is 29.2 Å². The Morgan fingerprint density at radius 2 is 1.35 bits per heavy atom. The van der Waals surface area contributed by atoms with Gasteiger partial charge in [-0.25, -0.2) is 0 Å². The van der Waals surface area contributed by atoms with Gasteiger partial charge < -0.3 is 14.5 Å². The van der Waals surface area contributed by atoms with Crippen LogP contribution < -0.4 is 0 Å². The van der Waals surface area contributed by atoms with Gasteiger partial charge in [-0.2, -0.15) is 13.2 Å². The van der Waals surface area contributed by atoms with Crippen molar-refractivity contribution in [3.63, 3.8) is 0 Å². The van der Waals surface area contributed by atoms with Gasteiger partial charge in [-0.3, -0.25) is 14.4 Å². The van der Waals surface area contributed by atoms with Crippen molar-refractivity contribution in [2.24, 2.45) is 5.92 Å². The predicted octanol–water partition coefficient (Wildman–Crippen LogP) is 8.19. The van der Waals surface area contributed by atoms with Crippen molar-refractivity contribution in [3.05, 3.63) is 120 Å². The second-order valence-corrected chi connectivity index (χ2v) is 12.5. The molecule has 1 saturated carbocycles. The zero-order chi connectivity index (χ0) is 33.8. The van der Waals surface area contributed by atoms with Crippen LogP contribution in [0.3, 0.4) is 0 Å². The number of hydrogen-bond acceptors (Lipinski definition) is 4. The lowest BCUT2D eigenvalue weighted by Crippen LogP contribution is -2.47. The highest BCUT2D eigenvalue weighted by atomic mass is 19.4. The molecule has 1 heterocycles. The van der Waals surface area contributed by atoms with E-state index in [2.05, 4.69) is 0 Å². The summed E-state index contributed by atoms with van der Waals surface area (Å²) in [5.41, 5.74) is 3.66. The van der Waals surface area contributed by atoms with Crippen LogP contribution >= 0.6 is 0 Å². The standard InChI is InChI=1S/C39H37F3N2O4/c1-48-36(45)24-35(30-13-9-27(10-14-30)26-6-3-2-4-7-26)44(25-34-8-5-23-43(34)37(46)31-17-18-31)38(47)32-15-11-28(12-16-32)29-19-21-33(22-20-29)39(40,41)42/h2-4,6-7,9-16,19-22,31,34-35H,5,8,17-18,23-25H2,1H3/t34-,35?/m1/s1. The number of nitrogens with zero attached hydrogens (tertiary/aromatic N) is 2. The summed E-state index contributed by atoms with van der Waals surface area (Å²) in [6.45, 7) is 0.872. The number of carbonyl (C=O) groups excluding carboxylic acids is 3. The summed E-state index contributed by atoms with van der Waals surface area (Å²) < 4.78 is 44.4. The molecule has 6 rings (SSSR count). The summed E-state index contributed by atoms with van der Waals surface area (Å²) in [4.78, 5) is 44.1. The van der Waals surface area contributed by atoms with Crippen LogP contribution in [0.4, 0.5) is 13.2 Å². The molecule has 1 aliphatic heterocycles. The van der Waals surface area contributed by atoms with Gasteiger partial charge in [0.2, 0.25) is 5.91 Å². The summed E-state index contributed by atoms with van der Waals surface area (Å²) >= 11 is 0. The first-order chi connectivity index (χ1) is 23.1. The molecule has 48 heavy (non-hydrogen) atoms. The molecule has 4 aromatic carbocycles. The normalized spacial score (nSPS) is 16.8. The number of amides is 2. The molecule has 1 aliphatic carbocycles. The smallest absolute Gasteiger partial charge is 0.416 e. The average molecular weight is 655 g/mol. The number of carbonyl (C=O) groups is 3. The van der Waals surface area contributed by atoms with Crippen LogP contribution in [0.1, 0.15) is 59.6 Å². The van der Waals surface area contributed by atoms with E-state index in [9.17, 15) is 27.6 Å². The summed E-state index contributed by atoms with van der Waals surface area (Å²) in [5.74, 6) is -0.618. The molecule has 0 aromatic heterocycles. The van der Waals surface area contributed by atoms with Gasteiger partial charge in [0.25, 0.3) is 5.91 Å². The summed E-state index contributed by atoms with van der Waals surface area (Å²) in [6, 6.07) is 28.4. The van der Waals surface area contributed by atoms with Crippen molar-refractivity contribution in [1.29, 1.82) is 0 Å². The third-order valence-corrected chi connectivity index (χ3v) is 9.30. The maximum atomic E-state index is 14.5. The summed E-state index contributed by atoms with van der Waals surface area (Å²) in [7, 11) is 1.32. The second kappa shape index (κ2) is 14.1. The molecule has 0 N–H and O–H groups in total. The minimum absolute atomic E-state index is 0.0453. The highest BCUT2D eigenvalue weighted by Crippen LogP contribution is 2.36. The Hall–Kier alpha value is -4.92. The van der Waals surface area contributed by atoms with E-state index < -0.39 is 23.8 Å². The molecule has 2 fully saturated rings. The predicted molar refractivity (Wildman–Crippen MR) is 177 cm³/mol. The fraction of sp³-hybridized carbons (Fsp3) is 0.308. The zero-order valence-electron chi connectivity index (χ0n) is 26.7. The van der Waals surface area contributed by atoms with Gasteiger partial charge in [-0.1, -0.05) is 78.9 Å². The second-order valence-electron chi connectivity index (χ2n) is 12.5. The lowest BCUT2D eigenvalue weighted by atomic mass is 9.96. The molecule has 2 atom stereocenters. The molecule has 248 valence electrons. The van der Waals surface area contributed by atoms with Crippen molar-refractivity contribution >= 4 is 17.8 Å². The highest BCUT2D eigenvalue weighted by Gasteiger charge is 2.40. The molecule has 4 aromatic rings. The topological polar surface area (TPSA) is 66.9 Å². The fourth-order valence-electron chi connectivity index (χ4n) is 6.46. The monoisotopic (exact) mass is 654 g/mol. The van der Waals surface area contributed by atoms with Crippen LogP contribution in [0.25, 0.3) is 22.3 Å². The van der Waals surface area contributed by atoms with E-state index >= 15 is 0 Å². The molecule has 9 heteroatoms. The Labute approximate surface area is 278 Å². The number of alkyl halides is 3. The first-order valence-electron chi connectivity index (χ1n) is 16.2. The van der Waals surface area contributed by atoms with Crippen LogP contribution in [0.5, 0.6) is 0 Å². The number of benzene rings is 4. The Kier molecular flexibility index (Phi) is 9.66. The van der Waals surface area contributed by atoms with E-state index in [-0.39, 0.29) is 36.7 Å². The molecule has 0 bridgehead atoms. The van der Waals surface area contributed by atoms with Crippen LogP contribution in [0.2, 0.25) is 0 Å². The Balaban J connectivity index is 1.33. The van der Waals surface area contributed by atoms with Gasteiger partial charge in [0.15, 0.2) is 0 Å². The summed E-state index contributed by atoms with van der Waals surface area (Å²) in [5, 5.41) is 0. The van der Waals surface area contributed by atoms with Crippen LogP contribution in [0.15, 0.2) is 103 Å². The van der Waals surface area contributed by atoms with Gasteiger partial charge in [0.05, 0.1) is 25.1 Å². The lowest BCUT2D eigenvalue weighted by molar-refractivity contribution is -0.142. The van der Waals surface area contributed by atoms with Crippen molar-refractivity contribution < 1.29 is 32.3 Å². The van der Waals surface area contributed by atoms with E-state index in [0.29, 0.717) is 23.2 Å². The maximum Gasteiger partial charge on any atom is 0.416 e. The number of hydrogen-bond donors (Lipinski definition) is 0. The Morgan fingerprint density at radius 1 is 0.792 bits per heavy atom. The van der Waals surface area contributed by atoms with Gasteiger partial charge in [-0.15, -0.1) is 0 Å². The molecule has 2 amide bonds. The third kappa shape index (κ3) is 7.46. The maximum absolute atomic E-state index is 14.5. The third-order valence-electron chi connectivity index (χ3n) is 9.30. The first-order valence-corrected chi connectivity index (χ1v) is 16.2. The fourth-order valence-corrected chi connectivity index (χ4v) is 6.46. The highest BCUT2D eigenvalue weighted by molar-refractivity contribution is 5.95. The van der Waals surface area contributed by atoms with Crippen LogP contribution in [-0.4, -0.2) is 53.8 Å². The number of likely N-dealkylation sites (tertiary alicyclic amines) is 1. The number of esters is 1. The molecule has 1 saturated heterocycles. The van der Waals surface area contributed by atoms with Gasteiger partial charge >= 0.3 is 12.1 Å². The van der Waals surface area contributed by atoms with Gasteiger partial charge in [0, 0.05) is 30.6 Å². The Morgan fingerprint density at radius 3 is 1.92 bits per heavy atom. The van der Waals surface area contributed by atoms with Crippen molar-refractivity contribution in [1.82, 2.24) is 9.80 Å². The first kappa shape index (κ1) is 33.0. The van der Waals surface area contributed by atoms with Crippen molar-refractivity contribution in [3.8, 4) is 22.3 Å². The number of methoxy groups -OCH3 is 1. The Bertz CT molecular complexity index is 1740. The lowest BCUT2D eigenvalue weighted by Gasteiger charge is -2.36.